The van der Waals surface area contributed by atoms with Crippen molar-refractivity contribution in [3.8, 4) is 11.4 Å². The summed E-state index contributed by atoms with van der Waals surface area (Å²) in [6.45, 7) is 1.85. The van der Waals surface area contributed by atoms with Gasteiger partial charge in [0.1, 0.15) is 11.6 Å². The summed E-state index contributed by atoms with van der Waals surface area (Å²) < 4.78 is 14.5. The third-order valence-corrected chi connectivity index (χ3v) is 5.32. The van der Waals surface area contributed by atoms with Gasteiger partial charge in [-0.3, -0.25) is 9.59 Å². The maximum Gasteiger partial charge on any atom is 0.272 e. The molecule has 0 aliphatic carbocycles. The molecule has 6 nitrogen and oxygen atoms in total. The second-order valence-electron chi connectivity index (χ2n) is 7.45. The molecule has 0 saturated carbocycles. The van der Waals surface area contributed by atoms with Crippen molar-refractivity contribution in [2.45, 2.75) is 13.3 Å². The quantitative estimate of drug-likeness (QED) is 0.471. The lowest BCUT2D eigenvalue weighted by molar-refractivity contribution is 0.626. The van der Waals surface area contributed by atoms with Crippen LogP contribution in [0, 0.1) is 12.7 Å². The molecular formula is C24H17FN4O2. The summed E-state index contributed by atoms with van der Waals surface area (Å²) in [5.74, 6) is -0.156. The van der Waals surface area contributed by atoms with Gasteiger partial charge in [0.05, 0.1) is 22.0 Å². The molecule has 0 unspecified atom stereocenters. The van der Waals surface area contributed by atoms with E-state index in [-0.39, 0.29) is 11.1 Å². The molecule has 152 valence electrons. The molecule has 0 aliphatic heterocycles. The van der Waals surface area contributed by atoms with Crippen molar-refractivity contribution in [3.63, 3.8) is 0 Å². The first-order valence-corrected chi connectivity index (χ1v) is 9.75. The Bertz CT molecular complexity index is 1590. The van der Waals surface area contributed by atoms with E-state index in [4.69, 9.17) is 0 Å². The third kappa shape index (κ3) is 3.40. The van der Waals surface area contributed by atoms with E-state index in [1.807, 2.05) is 31.2 Å². The molecule has 0 amide bonds. The molecule has 2 aromatic heterocycles. The SMILES string of the molecule is Cc1cccc2nc(-c3cc(F)cc(Cc4n[nH]c(=O)c5ccccc45)c3)[nH]c(=O)c12. The lowest BCUT2D eigenvalue weighted by Crippen LogP contribution is -2.12. The third-order valence-electron chi connectivity index (χ3n) is 5.32. The number of aromatic amines is 2. The number of hydrogen-bond donors (Lipinski definition) is 2. The summed E-state index contributed by atoms with van der Waals surface area (Å²) in [4.78, 5) is 31.9. The number of H-pyrrole nitrogens is 2. The van der Waals surface area contributed by atoms with Gasteiger partial charge >= 0.3 is 0 Å². The van der Waals surface area contributed by atoms with Crippen molar-refractivity contribution in [1.82, 2.24) is 20.2 Å². The Hall–Kier alpha value is -4.13. The summed E-state index contributed by atoms with van der Waals surface area (Å²) in [6.07, 6.45) is 0.305. The number of hydrogen-bond acceptors (Lipinski definition) is 4. The van der Waals surface area contributed by atoms with E-state index >= 15 is 0 Å². The minimum absolute atomic E-state index is 0.266. The molecule has 3 aromatic carbocycles. The van der Waals surface area contributed by atoms with Crippen LogP contribution < -0.4 is 11.1 Å². The number of halogens is 1. The lowest BCUT2D eigenvalue weighted by atomic mass is 10.0. The second kappa shape index (κ2) is 7.28. The number of benzene rings is 3. The number of nitrogens with zero attached hydrogens (tertiary/aromatic N) is 2. The first kappa shape index (κ1) is 18.9. The second-order valence-corrected chi connectivity index (χ2v) is 7.45. The average molecular weight is 412 g/mol. The Morgan fingerprint density at radius 3 is 2.58 bits per heavy atom. The van der Waals surface area contributed by atoms with Crippen molar-refractivity contribution in [1.29, 1.82) is 0 Å². The van der Waals surface area contributed by atoms with Gasteiger partial charge in [0.25, 0.3) is 11.1 Å². The Balaban J connectivity index is 1.61. The van der Waals surface area contributed by atoms with Crippen molar-refractivity contribution >= 4 is 21.7 Å². The van der Waals surface area contributed by atoms with E-state index in [0.29, 0.717) is 50.7 Å². The van der Waals surface area contributed by atoms with E-state index in [1.165, 1.54) is 12.1 Å². The van der Waals surface area contributed by atoms with Gasteiger partial charge < -0.3 is 4.98 Å². The van der Waals surface area contributed by atoms with Crippen molar-refractivity contribution < 1.29 is 4.39 Å². The van der Waals surface area contributed by atoms with Gasteiger partial charge in [-0.05, 0) is 48.4 Å². The van der Waals surface area contributed by atoms with Gasteiger partial charge in [-0.15, -0.1) is 0 Å². The fourth-order valence-electron chi connectivity index (χ4n) is 3.88. The van der Waals surface area contributed by atoms with E-state index in [9.17, 15) is 14.0 Å². The highest BCUT2D eigenvalue weighted by molar-refractivity contribution is 5.84. The van der Waals surface area contributed by atoms with Gasteiger partial charge in [-0.2, -0.15) is 5.10 Å². The van der Waals surface area contributed by atoms with Gasteiger partial charge in [0, 0.05) is 17.4 Å². The number of fused-ring (bicyclic) bond motifs is 2. The average Bonchev–Trinajstić information content (AvgIpc) is 2.75. The molecular weight excluding hydrogens is 395 g/mol. The Morgan fingerprint density at radius 1 is 0.935 bits per heavy atom. The first-order chi connectivity index (χ1) is 15.0. The summed E-state index contributed by atoms with van der Waals surface area (Å²) >= 11 is 0. The lowest BCUT2D eigenvalue weighted by Gasteiger charge is -2.09. The summed E-state index contributed by atoms with van der Waals surface area (Å²) in [5.41, 5.74) is 2.58. The molecule has 0 radical (unpaired) electrons. The first-order valence-electron chi connectivity index (χ1n) is 9.75. The minimum atomic E-state index is -0.451. The maximum atomic E-state index is 14.5. The van der Waals surface area contributed by atoms with Crippen LogP contribution in [0.1, 0.15) is 16.8 Å². The highest BCUT2D eigenvalue weighted by Gasteiger charge is 2.12. The molecule has 0 fully saturated rings. The van der Waals surface area contributed by atoms with E-state index < -0.39 is 5.82 Å². The zero-order chi connectivity index (χ0) is 21.5. The van der Waals surface area contributed by atoms with E-state index in [2.05, 4.69) is 20.2 Å². The zero-order valence-electron chi connectivity index (χ0n) is 16.6. The molecule has 0 aliphatic rings. The molecule has 5 aromatic rings. The fraction of sp³-hybridized carbons (Fsp3) is 0.0833. The molecule has 7 heteroatoms. The molecule has 0 saturated heterocycles. The van der Waals surface area contributed by atoms with Crippen molar-refractivity contribution in [3.05, 3.63) is 104 Å². The zero-order valence-corrected chi connectivity index (χ0v) is 16.6. The molecule has 2 heterocycles. The molecule has 5 rings (SSSR count). The predicted octanol–water partition coefficient (Wildman–Crippen LogP) is 3.86. The van der Waals surface area contributed by atoms with Crippen LogP contribution in [0.4, 0.5) is 4.39 Å². The molecule has 0 spiro atoms. The monoisotopic (exact) mass is 412 g/mol. The van der Waals surface area contributed by atoms with Crippen LogP contribution in [0.15, 0.2) is 70.3 Å². The smallest absolute Gasteiger partial charge is 0.272 e. The van der Waals surface area contributed by atoms with Gasteiger partial charge in [0.2, 0.25) is 0 Å². The van der Waals surface area contributed by atoms with Crippen LogP contribution in [-0.2, 0) is 6.42 Å². The van der Waals surface area contributed by atoms with Gasteiger partial charge in [-0.25, -0.2) is 14.5 Å². The highest BCUT2D eigenvalue weighted by Crippen LogP contribution is 2.23. The number of aryl methyl sites for hydroxylation is 1. The highest BCUT2D eigenvalue weighted by atomic mass is 19.1. The van der Waals surface area contributed by atoms with Crippen LogP contribution >= 0.6 is 0 Å². The number of nitrogens with one attached hydrogen (secondary N) is 2. The normalized spacial score (nSPS) is 11.3. The van der Waals surface area contributed by atoms with Crippen LogP contribution in [0.5, 0.6) is 0 Å². The van der Waals surface area contributed by atoms with Crippen LogP contribution in [0.2, 0.25) is 0 Å². The fourth-order valence-corrected chi connectivity index (χ4v) is 3.88. The number of aromatic nitrogens is 4. The van der Waals surface area contributed by atoms with Crippen molar-refractivity contribution in [2.75, 3.05) is 0 Å². The van der Waals surface area contributed by atoms with Crippen LogP contribution in [0.25, 0.3) is 33.1 Å². The predicted molar refractivity (Wildman–Crippen MR) is 118 cm³/mol. The van der Waals surface area contributed by atoms with Crippen LogP contribution in [-0.4, -0.2) is 20.2 Å². The summed E-state index contributed by atoms with van der Waals surface area (Å²) in [6, 6.07) is 17.1. The van der Waals surface area contributed by atoms with Gasteiger partial charge in [-0.1, -0.05) is 30.3 Å². The molecule has 0 bridgehead atoms. The largest absolute Gasteiger partial charge is 0.306 e. The Labute approximate surface area is 175 Å². The Kier molecular flexibility index (Phi) is 4.43. The summed E-state index contributed by atoms with van der Waals surface area (Å²) in [5, 5.41) is 8.42. The minimum Gasteiger partial charge on any atom is -0.306 e. The molecule has 31 heavy (non-hydrogen) atoms. The summed E-state index contributed by atoms with van der Waals surface area (Å²) in [7, 11) is 0. The molecule has 2 N–H and O–H groups in total. The van der Waals surface area contributed by atoms with Crippen LogP contribution in [0.3, 0.4) is 0 Å². The molecule has 0 atom stereocenters. The topological polar surface area (TPSA) is 91.5 Å². The van der Waals surface area contributed by atoms with Gasteiger partial charge in [0.15, 0.2) is 0 Å². The van der Waals surface area contributed by atoms with Crippen molar-refractivity contribution in [2.24, 2.45) is 0 Å². The maximum absolute atomic E-state index is 14.5. The standard InChI is InChI=1S/C24H17FN4O2/c1-13-5-4-8-19-21(13)24(31)27-22(26-19)15-9-14(10-16(25)12-15)11-20-17-6-2-3-7-18(17)23(30)29-28-20/h2-10,12H,11H2,1H3,(H,29,30)(H,26,27,31). The van der Waals surface area contributed by atoms with E-state index in [1.54, 1.807) is 24.3 Å². The number of rotatable bonds is 3. The Morgan fingerprint density at radius 2 is 1.74 bits per heavy atom. The van der Waals surface area contributed by atoms with E-state index in [0.717, 1.165) is 5.56 Å².